The lowest BCUT2D eigenvalue weighted by molar-refractivity contribution is -0.141. The Hall–Kier alpha value is -1.23. The summed E-state index contributed by atoms with van der Waals surface area (Å²) >= 11 is 3.49. The summed E-state index contributed by atoms with van der Waals surface area (Å²) in [5, 5.41) is 9.02. The first-order chi connectivity index (χ1) is 9.49. The zero-order valence-corrected chi connectivity index (χ0v) is 12.9. The average Bonchev–Trinajstić information content (AvgIpc) is 3.19. The van der Waals surface area contributed by atoms with Crippen LogP contribution in [-0.2, 0) is 11.2 Å². The van der Waals surface area contributed by atoms with E-state index in [9.17, 15) is 4.79 Å². The van der Waals surface area contributed by atoms with Crippen LogP contribution in [0.3, 0.4) is 0 Å². The van der Waals surface area contributed by atoms with Gasteiger partial charge in [-0.3, -0.25) is 4.79 Å². The summed E-state index contributed by atoms with van der Waals surface area (Å²) in [4.78, 5) is 11.0. The largest absolute Gasteiger partial charge is 0.489 e. The molecule has 0 aromatic heterocycles. The van der Waals surface area contributed by atoms with E-state index in [-0.39, 0.29) is 5.41 Å². The zero-order chi connectivity index (χ0) is 14.3. The second-order valence-electron chi connectivity index (χ2n) is 5.91. The van der Waals surface area contributed by atoms with Gasteiger partial charge in [0.1, 0.15) is 0 Å². The van der Waals surface area contributed by atoms with Crippen molar-refractivity contribution in [1.82, 2.24) is 0 Å². The fraction of sp³-hybridized carbons (Fsp3) is 0.533. The molecule has 1 aliphatic heterocycles. The Morgan fingerprint density at radius 2 is 1.95 bits per heavy atom. The van der Waals surface area contributed by atoms with Crippen molar-refractivity contribution in [3.8, 4) is 11.5 Å². The number of fused-ring (bicyclic) bond motifs is 1. The summed E-state index contributed by atoms with van der Waals surface area (Å²) < 4.78 is 12.6. The molecular formula is C15H17BrO4. The number of carbonyl (C=O) groups is 1. The molecule has 1 aromatic carbocycles. The molecule has 1 saturated carbocycles. The maximum absolute atomic E-state index is 11.0. The van der Waals surface area contributed by atoms with Gasteiger partial charge in [-0.1, -0.05) is 22.9 Å². The minimum absolute atomic E-state index is 0.208. The van der Waals surface area contributed by atoms with Crippen LogP contribution in [0.25, 0.3) is 0 Å². The Balaban J connectivity index is 1.84. The van der Waals surface area contributed by atoms with Crippen LogP contribution in [0.1, 0.15) is 25.3 Å². The number of benzene rings is 1. The van der Waals surface area contributed by atoms with E-state index in [1.54, 1.807) is 6.92 Å². The van der Waals surface area contributed by atoms with Crippen molar-refractivity contribution in [3.63, 3.8) is 0 Å². The first-order valence-electron chi connectivity index (χ1n) is 6.80. The van der Waals surface area contributed by atoms with Gasteiger partial charge in [-0.25, -0.2) is 0 Å². The van der Waals surface area contributed by atoms with Gasteiger partial charge in [0.05, 0.1) is 19.1 Å². The first kappa shape index (κ1) is 13.7. The number of carboxylic acids is 1. The lowest BCUT2D eigenvalue weighted by Gasteiger charge is -2.13. The van der Waals surface area contributed by atoms with Crippen LogP contribution >= 0.6 is 15.9 Å². The second kappa shape index (κ2) is 4.95. The van der Waals surface area contributed by atoms with Crippen molar-refractivity contribution in [2.24, 2.45) is 11.3 Å². The van der Waals surface area contributed by atoms with Crippen LogP contribution in [0.4, 0.5) is 0 Å². The SMILES string of the molecule is CC(Cc1cc2c(cc1Br)OCC1(CC1)CO2)C(=O)O. The van der Waals surface area contributed by atoms with Gasteiger partial charge in [0, 0.05) is 9.89 Å². The number of carboxylic acid groups (broad SMARTS) is 1. The smallest absolute Gasteiger partial charge is 0.306 e. The highest BCUT2D eigenvalue weighted by molar-refractivity contribution is 9.10. The van der Waals surface area contributed by atoms with Crippen LogP contribution in [-0.4, -0.2) is 24.3 Å². The molecule has 1 spiro atoms. The van der Waals surface area contributed by atoms with Crippen molar-refractivity contribution in [2.75, 3.05) is 13.2 Å². The predicted molar refractivity (Wildman–Crippen MR) is 77.3 cm³/mol. The predicted octanol–water partition coefficient (Wildman–Crippen LogP) is 3.26. The fourth-order valence-electron chi connectivity index (χ4n) is 2.35. The molecule has 0 radical (unpaired) electrons. The number of hydrogen-bond acceptors (Lipinski definition) is 3. The van der Waals surface area contributed by atoms with Gasteiger partial charge in [-0.15, -0.1) is 0 Å². The molecular weight excluding hydrogens is 324 g/mol. The van der Waals surface area contributed by atoms with Crippen molar-refractivity contribution < 1.29 is 19.4 Å². The molecule has 4 nitrogen and oxygen atoms in total. The lowest BCUT2D eigenvalue weighted by Crippen LogP contribution is -2.17. The molecule has 1 fully saturated rings. The van der Waals surface area contributed by atoms with Gasteiger partial charge in [-0.05, 0) is 37.0 Å². The maximum atomic E-state index is 11.0. The standard InChI is InChI=1S/C15H17BrO4/c1-9(14(17)18)4-10-5-12-13(6-11(10)16)20-8-15(2-3-15)7-19-12/h5-6,9H,2-4,7-8H2,1H3,(H,17,18). The van der Waals surface area contributed by atoms with E-state index in [0.29, 0.717) is 19.6 Å². The van der Waals surface area contributed by atoms with Gasteiger partial charge in [0.15, 0.2) is 11.5 Å². The van der Waals surface area contributed by atoms with E-state index in [4.69, 9.17) is 14.6 Å². The molecule has 108 valence electrons. The number of hydrogen-bond donors (Lipinski definition) is 1. The monoisotopic (exact) mass is 340 g/mol. The van der Waals surface area contributed by atoms with Gasteiger partial charge in [-0.2, -0.15) is 0 Å². The molecule has 0 saturated heterocycles. The minimum atomic E-state index is -0.791. The second-order valence-corrected chi connectivity index (χ2v) is 6.77. The third-order valence-electron chi connectivity index (χ3n) is 4.09. The zero-order valence-electron chi connectivity index (χ0n) is 11.3. The normalized spacial score (nSPS) is 20.3. The molecule has 0 bridgehead atoms. The summed E-state index contributed by atoms with van der Waals surface area (Å²) in [6, 6.07) is 3.79. The topological polar surface area (TPSA) is 55.8 Å². The minimum Gasteiger partial charge on any atom is -0.489 e. The van der Waals surface area contributed by atoms with Crippen molar-refractivity contribution in [3.05, 3.63) is 22.2 Å². The number of ether oxygens (including phenoxy) is 2. The molecule has 5 heteroatoms. The Kier molecular flexibility index (Phi) is 3.40. The summed E-state index contributed by atoms with van der Waals surface area (Å²) in [6.07, 6.45) is 2.79. The summed E-state index contributed by atoms with van der Waals surface area (Å²) in [5.74, 6) is 0.253. The molecule has 0 amide bonds. The molecule has 1 N–H and O–H groups in total. The fourth-order valence-corrected chi connectivity index (χ4v) is 2.83. The number of aliphatic carboxylic acids is 1. The highest BCUT2D eigenvalue weighted by Gasteiger charge is 2.46. The number of halogens is 1. The molecule has 1 atom stereocenters. The van der Waals surface area contributed by atoms with E-state index in [2.05, 4.69) is 15.9 Å². The van der Waals surface area contributed by atoms with Crippen LogP contribution in [0.2, 0.25) is 0 Å². The van der Waals surface area contributed by atoms with E-state index in [1.807, 2.05) is 12.1 Å². The van der Waals surface area contributed by atoms with Gasteiger partial charge < -0.3 is 14.6 Å². The van der Waals surface area contributed by atoms with E-state index in [1.165, 1.54) is 0 Å². The van der Waals surface area contributed by atoms with Gasteiger partial charge in [0.2, 0.25) is 0 Å². The van der Waals surface area contributed by atoms with Crippen molar-refractivity contribution in [1.29, 1.82) is 0 Å². The van der Waals surface area contributed by atoms with Crippen LogP contribution < -0.4 is 9.47 Å². The molecule has 1 unspecified atom stereocenters. The summed E-state index contributed by atoms with van der Waals surface area (Å²) in [7, 11) is 0. The Labute approximate surface area is 126 Å². The van der Waals surface area contributed by atoms with E-state index in [0.717, 1.165) is 34.4 Å². The molecule has 2 aliphatic rings. The third kappa shape index (κ3) is 2.64. The van der Waals surface area contributed by atoms with E-state index < -0.39 is 11.9 Å². The Morgan fingerprint density at radius 1 is 1.35 bits per heavy atom. The molecule has 1 aromatic rings. The quantitative estimate of drug-likeness (QED) is 0.917. The third-order valence-corrected chi connectivity index (χ3v) is 4.82. The Morgan fingerprint density at radius 3 is 2.50 bits per heavy atom. The van der Waals surface area contributed by atoms with Gasteiger partial charge >= 0.3 is 5.97 Å². The van der Waals surface area contributed by atoms with E-state index >= 15 is 0 Å². The Bertz CT molecular complexity index is 551. The summed E-state index contributed by atoms with van der Waals surface area (Å²) in [6.45, 7) is 3.10. The molecule has 20 heavy (non-hydrogen) atoms. The maximum Gasteiger partial charge on any atom is 0.306 e. The van der Waals surface area contributed by atoms with Crippen LogP contribution in [0.5, 0.6) is 11.5 Å². The van der Waals surface area contributed by atoms with Crippen LogP contribution in [0.15, 0.2) is 16.6 Å². The first-order valence-corrected chi connectivity index (χ1v) is 7.59. The van der Waals surface area contributed by atoms with Gasteiger partial charge in [0.25, 0.3) is 0 Å². The lowest BCUT2D eigenvalue weighted by atomic mass is 10.0. The van der Waals surface area contributed by atoms with Crippen molar-refractivity contribution in [2.45, 2.75) is 26.2 Å². The molecule has 3 rings (SSSR count). The average molecular weight is 341 g/mol. The molecule has 1 heterocycles. The number of rotatable bonds is 3. The molecule has 1 aliphatic carbocycles. The van der Waals surface area contributed by atoms with Crippen LogP contribution in [0, 0.1) is 11.3 Å². The summed E-state index contributed by atoms with van der Waals surface area (Å²) in [5.41, 5.74) is 1.15. The highest BCUT2D eigenvalue weighted by Crippen LogP contribution is 2.49. The highest BCUT2D eigenvalue weighted by atomic mass is 79.9. The van der Waals surface area contributed by atoms with Crippen molar-refractivity contribution >= 4 is 21.9 Å².